The lowest BCUT2D eigenvalue weighted by Crippen LogP contribution is -2.32. The molecule has 2 aliphatic heterocycles. The van der Waals surface area contributed by atoms with E-state index in [1.54, 1.807) is 12.4 Å². The van der Waals surface area contributed by atoms with Gasteiger partial charge in [-0.05, 0) is 29.8 Å². The van der Waals surface area contributed by atoms with Gasteiger partial charge in [0.15, 0.2) is 0 Å². The van der Waals surface area contributed by atoms with E-state index in [-0.39, 0.29) is 0 Å². The maximum Gasteiger partial charge on any atom is 0.123 e. The van der Waals surface area contributed by atoms with Gasteiger partial charge in [-0.25, -0.2) is 0 Å². The summed E-state index contributed by atoms with van der Waals surface area (Å²) in [5, 5.41) is 20.3. The molecule has 0 radical (unpaired) electrons. The van der Waals surface area contributed by atoms with E-state index >= 15 is 0 Å². The van der Waals surface area contributed by atoms with Crippen LogP contribution in [-0.4, -0.2) is 4.98 Å². The van der Waals surface area contributed by atoms with E-state index in [2.05, 4.69) is 17.1 Å². The molecular formula is C18H11N5S. The molecule has 114 valence electrons. The van der Waals surface area contributed by atoms with Crippen molar-refractivity contribution in [1.82, 2.24) is 4.98 Å². The monoisotopic (exact) mass is 329 g/mol. The van der Waals surface area contributed by atoms with Gasteiger partial charge in [0.1, 0.15) is 10.9 Å². The van der Waals surface area contributed by atoms with Crippen LogP contribution in [0.3, 0.4) is 0 Å². The van der Waals surface area contributed by atoms with Gasteiger partial charge in [-0.1, -0.05) is 23.9 Å². The number of aromatic nitrogens is 1. The summed E-state index contributed by atoms with van der Waals surface area (Å²) in [6.45, 7) is 0. The van der Waals surface area contributed by atoms with Crippen molar-refractivity contribution in [2.75, 3.05) is 4.90 Å². The van der Waals surface area contributed by atoms with Crippen LogP contribution in [0.25, 0.3) is 0 Å². The van der Waals surface area contributed by atoms with Gasteiger partial charge in [0.25, 0.3) is 0 Å². The Kier molecular flexibility index (Phi) is 3.26. The molecule has 4 rings (SSSR count). The van der Waals surface area contributed by atoms with Gasteiger partial charge in [-0.15, -0.1) is 0 Å². The van der Waals surface area contributed by atoms with Gasteiger partial charge in [0, 0.05) is 17.3 Å². The molecule has 0 bridgehead atoms. The van der Waals surface area contributed by atoms with E-state index in [1.165, 1.54) is 11.8 Å². The number of para-hydroxylation sites is 1. The first-order chi connectivity index (χ1) is 11.8. The Balaban J connectivity index is 1.99. The molecule has 0 saturated heterocycles. The second kappa shape index (κ2) is 5.45. The third-order valence-electron chi connectivity index (χ3n) is 4.12. The largest absolute Gasteiger partial charge is 0.384 e. The van der Waals surface area contributed by atoms with Crippen LogP contribution in [0.4, 0.5) is 5.69 Å². The highest BCUT2D eigenvalue weighted by Crippen LogP contribution is 2.54. The molecule has 0 spiro atoms. The van der Waals surface area contributed by atoms with Crippen molar-refractivity contribution in [2.45, 2.75) is 10.8 Å². The second-order valence-electron chi connectivity index (χ2n) is 5.36. The molecule has 0 unspecified atom stereocenters. The maximum atomic E-state index is 9.81. The molecule has 0 saturated carbocycles. The number of hydrogen-bond donors (Lipinski definition) is 1. The third kappa shape index (κ3) is 1.91. The fraction of sp³-hybridized carbons (Fsp3) is 0.0556. The fourth-order valence-corrected chi connectivity index (χ4v) is 4.24. The molecule has 6 heteroatoms. The molecule has 0 fully saturated rings. The minimum Gasteiger partial charge on any atom is -0.384 e. The van der Waals surface area contributed by atoms with E-state index in [0.717, 1.165) is 21.2 Å². The second-order valence-corrected chi connectivity index (χ2v) is 6.39. The Labute approximate surface area is 143 Å². The lowest BCUT2D eigenvalue weighted by molar-refractivity contribution is 0.882. The minimum atomic E-state index is -0.462. The molecule has 1 aromatic heterocycles. The number of nitrogens with two attached hydrogens (primary N) is 1. The zero-order chi connectivity index (χ0) is 16.7. The summed E-state index contributed by atoms with van der Waals surface area (Å²) in [7, 11) is 0. The predicted octanol–water partition coefficient (Wildman–Crippen LogP) is 3.22. The Morgan fingerprint density at radius 1 is 1.04 bits per heavy atom. The number of anilines is 1. The standard InChI is InChI=1S/C18H11N5S/c19-9-12-16(11-5-7-22-8-6-11)13(10-20)18-23(17(12)21)14-3-1-2-4-15(14)24-18/h1-8,16H,21H2/t16-/m0/s1. The summed E-state index contributed by atoms with van der Waals surface area (Å²) in [5.41, 5.74) is 9.01. The van der Waals surface area contributed by atoms with E-state index < -0.39 is 5.92 Å². The van der Waals surface area contributed by atoms with Gasteiger partial charge in [-0.3, -0.25) is 9.88 Å². The summed E-state index contributed by atoms with van der Waals surface area (Å²) in [6.07, 6.45) is 3.31. The van der Waals surface area contributed by atoms with Crippen LogP contribution in [0.5, 0.6) is 0 Å². The van der Waals surface area contributed by atoms with E-state index in [9.17, 15) is 10.5 Å². The van der Waals surface area contributed by atoms with Gasteiger partial charge >= 0.3 is 0 Å². The Morgan fingerprint density at radius 3 is 2.46 bits per heavy atom. The number of nitriles is 2. The summed E-state index contributed by atoms with van der Waals surface area (Å²) < 4.78 is 0. The molecule has 2 N–H and O–H groups in total. The van der Waals surface area contributed by atoms with Crippen LogP contribution >= 0.6 is 11.8 Å². The van der Waals surface area contributed by atoms with Crippen LogP contribution in [0, 0.1) is 22.7 Å². The van der Waals surface area contributed by atoms with Gasteiger partial charge in [-0.2, -0.15) is 10.5 Å². The first-order valence-electron chi connectivity index (χ1n) is 7.27. The van der Waals surface area contributed by atoms with Crippen molar-refractivity contribution in [2.24, 2.45) is 5.73 Å². The zero-order valence-corrected chi connectivity index (χ0v) is 13.3. The van der Waals surface area contributed by atoms with Crippen molar-refractivity contribution in [3.05, 3.63) is 76.4 Å². The van der Waals surface area contributed by atoms with Crippen LogP contribution in [0.1, 0.15) is 11.5 Å². The van der Waals surface area contributed by atoms with Gasteiger partial charge in [0.05, 0.1) is 34.9 Å². The summed E-state index contributed by atoms with van der Waals surface area (Å²) in [6, 6.07) is 15.9. The van der Waals surface area contributed by atoms with Gasteiger partial charge in [0.2, 0.25) is 0 Å². The number of fused-ring (bicyclic) bond motifs is 3. The molecule has 1 aromatic carbocycles. The molecule has 5 nitrogen and oxygen atoms in total. The predicted molar refractivity (Wildman–Crippen MR) is 91.2 cm³/mol. The normalized spacial score (nSPS) is 18.8. The fourth-order valence-electron chi connectivity index (χ4n) is 3.06. The zero-order valence-electron chi connectivity index (χ0n) is 12.5. The molecular weight excluding hydrogens is 318 g/mol. The maximum absolute atomic E-state index is 9.81. The Morgan fingerprint density at radius 2 is 1.75 bits per heavy atom. The number of rotatable bonds is 1. The molecule has 24 heavy (non-hydrogen) atoms. The highest BCUT2D eigenvalue weighted by atomic mass is 32.2. The summed E-state index contributed by atoms with van der Waals surface area (Å²) in [4.78, 5) is 6.85. The number of pyridine rings is 1. The van der Waals surface area contributed by atoms with Crippen LogP contribution in [0.15, 0.2) is 75.7 Å². The summed E-state index contributed by atoms with van der Waals surface area (Å²) >= 11 is 1.51. The molecule has 2 aliphatic rings. The minimum absolute atomic E-state index is 0.380. The van der Waals surface area contributed by atoms with E-state index in [1.807, 2.05) is 41.3 Å². The topological polar surface area (TPSA) is 89.7 Å². The van der Waals surface area contributed by atoms with Crippen molar-refractivity contribution in [1.29, 1.82) is 10.5 Å². The van der Waals surface area contributed by atoms with Gasteiger partial charge < -0.3 is 5.73 Å². The highest BCUT2D eigenvalue weighted by molar-refractivity contribution is 8.03. The molecule has 3 heterocycles. The highest BCUT2D eigenvalue weighted by Gasteiger charge is 2.40. The summed E-state index contributed by atoms with van der Waals surface area (Å²) in [5.74, 6) is -0.0816. The first-order valence-corrected chi connectivity index (χ1v) is 8.09. The molecule has 2 aromatic rings. The lowest BCUT2D eigenvalue weighted by Gasteiger charge is -2.31. The number of thioether (sulfide) groups is 1. The smallest absolute Gasteiger partial charge is 0.123 e. The molecule has 0 amide bonds. The van der Waals surface area contributed by atoms with Crippen molar-refractivity contribution in [3.63, 3.8) is 0 Å². The van der Waals surface area contributed by atoms with E-state index in [0.29, 0.717) is 17.0 Å². The van der Waals surface area contributed by atoms with Crippen LogP contribution < -0.4 is 10.6 Å². The average molecular weight is 329 g/mol. The number of benzene rings is 1. The van der Waals surface area contributed by atoms with Crippen molar-refractivity contribution >= 4 is 17.4 Å². The average Bonchev–Trinajstić information content (AvgIpc) is 3.02. The number of hydrogen-bond acceptors (Lipinski definition) is 6. The van der Waals surface area contributed by atoms with Crippen molar-refractivity contribution < 1.29 is 0 Å². The third-order valence-corrected chi connectivity index (χ3v) is 5.28. The van der Waals surface area contributed by atoms with E-state index in [4.69, 9.17) is 5.73 Å². The first kappa shape index (κ1) is 14.4. The van der Waals surface area contributed by atoms with Crippen molar-refractivity contribution in [3.8, 4) is 12.1 Å². The van der Waals surface area contributed by atoms with Crippen LogP contribution in [-0.2, 0) is 0 Å². The number of nitrogens with zero attached hydrogens (tertiary/aromatic N) is 4. The Hall–Kier alpha value is -3.22. The lowest BCUT2D eigenvalue weighted by atomic mass is 9.84. The SMILES string of the molecule is N#CC1=C(N)N2C(=C(C#N)[C@H]1c1ccncc1)Sc1ccccc12. The van der Waals surface area contributed by atoms with Crippen LogP contribution in [0.2, 0.25) is 0 Å². The number of allylic oxidation sites excluding steroid dienone is 2. The quantitative estimate of drug-likeness (QED) is 0.864. The molecule has 0 aliphatic carbocycles. The Bertz CT molecular complexity index is 978. The molecule has 1 atom stereocenters.